The fourth-order valence-electron chi connectivity index (χ4n) is 1.84. The Kier molecular flexibility index (Phi) is 2.48. The Hall–Kier alpha value is -2.10. The molecule has 0 spiro atoms. The third kappa shape index (κ3) is 1.48. The number of aromatic carboxylic acids is 1. The zero-order valence-electron chi connectivity index (χ0n) is 8.71. The van der Waals surface area contributed by atoms with Crippen molar-refractivity contribution in [1.29, 1.82) is 0 Å². The second kappa shape index (κ2) is 3.81. The third-order valence-electron chi connectivity index (χ3n) is 2.74. The van der Waals surface area contributed by atoms with Gasteiger partial charge in [-0.15, -0.1) is 6.58 Å². The highest BCUT2D eigenvalue weighted by atomic mass is 16.4. The lowest BCUT2D eigenvalue weighted by molar-refractivity contribution is 0.0681. The molecule has 0 saturated heterocycles. The number of imidazole rings is 1. The van der Waals surface area contributed by atoms with Gasteiger partial charge in [-0.3, -0.25) is 0 Å². The van der Waals surface area contributed by atoms with Crippen molar-refractivity contribution in [1.82, 2.24) is 9.55 Å². The molecule has 1 aromatic heterocycles. The van der Waals surface area contributed by atoms with Crippen LogP contribution < -0.4 is 0 Å². The minimum absolute atomic E-state index is 0.167. The minimum atomic E-state index is -0.985. The molecule has 0 fully saturated rings. The van der Waals surface area contributed by atoms with E-state index >= 15 is 0 Å². The van der Waals surface area contributed by atoms with Crippen LogP contribution in [0.2, 0.25) is 0 Å². The van der Waals surface area contributed by atoms with Crippen molar-refractivity contribution in [3.8, 4) is 0 Å². The smallest absolute Gasteiger partial charge is 0.354 e. The molecular formula is C12H12N2O2. The third-order valence-corrected chi connectivity index (χ3v) is 2.74. The normalized spacial score (nSPS) is 23.2. The first-order chi connectivity index (χ1) is 7.69. The summed E-state index contributed by atoms with van der Waals surface area (Å²) in [6.07, 6.45) is 13.0. The van der Waals surface area contributed by atoms with Crippen LogP contribution in [0.15, 0.2) is 49.5 Å². The quantitative estimate of drug-likeness (QED) is 0.786. The Bertz CT molecular complexity index is 485. The summed E-state index contributed by atoms with van der Waals surface area (Å²) < 4.78 is 1.63. The second-order valence-electron chi connectivity index (χ2n) is 3.64. The largest absolute Gasteiger partial charge is 0.477 e. The van der Waals surface area contributed by atoms with Gasteiger partial charge in [-0.1, -0.05) is 30.4 Å². The zero-order valence-corrected chi connectivity index (χ0v) is 8.71. The molecule has 82 valence electrons. The summed E-state index contributed by atoms with van der Waals surface area (Å²) >= 11 is 0. The first-order valence-electron chi connectivity index (χ1n) is 4.94. The first kappa shape index (κ1) is 10.4. The van der Waals surface area contributed by atoms with Crippen LogP contribution in [0.3, 0.4) is 0 Å². The van der Waals surface area contributed by atoms with Crippen molar-refractivity contribution in [2.75, 3.05) is 0 Å². The molecule has 2 rings (SSSR count). The first-order valence-corrected chi connectivity index (χ1v) is 4.94. The number of rotatable bonds is 3. The molecule has 0 amide bonds. The van der Waals surface area contributed by atoms with E-state index in [9.17, 15) is 4.79 Å². The van der Waals surface area contributed by atoms with E-state index in [1.54, 1.807) is 10.6 Å². The van der Waals surface area contributed by atoms with E-state index in [4.69, 9.17) is 5.11 Å². The molecule has 0 radical (unpaired) electrons. The lowest BCUT2D eigenvalue weighted by Gasteiger charge is -2.30. The molecule has 0 bridgehead atoms. The molecule has 1 aliphatic carbocycles. The Balaban J connectivity index is 2.52. The van der Waals surface area contributed by atoms with Gasteiger partial charge in [0, 0.05) is 0 Å². The second-order valence-corrected chi connectivity index (χ2v) is 3.64. The molecule has 1 atom stereocenters. The molecule has 1 aromatic rings. The number of carbonyl (C=O) groups is 1. The van der Waals surface area contributed by atoms with Gasteiger partial charge in [-0.25, -0.2) is 9.78 Å². The molecule has 1 aliphatic rings. The highest BCUT2D eigenvalue weighted by Crippen LogP contribution is 2.29. The molecule has 0 aliphatic heterocycles. The number of aromatic nitrogens is 2. The van der Waals surface area contributed by atoms with Crippen LogP contribution in [-0.2, 0) is 5.54 Å². The van der Waals surface area contributed by atoms with Crippen molar-refractivity contribution >= 4 is 5.97 Å². The molecule has 1 unspecified atom stereocenters. The van der Waals surface area contributed by atoms with Crippen molar-refractivity contribution < 1.29 is 9.90 Å². The Morgan fingerprint density at radius 2 is 2.44 bits per heavy atom. The molecular weight excluding hydrogens is 204 g/mol. The number of allylic oxidation sites excluding steroid dienone is 5. The van der Waals surface area contributed by atoms with Crippen LogP contribution >= 0.6 is 0 Å². The topological polar surface area (TPSA) is 55.1 Å². The predicted octanol–water partition coefficient (Wildman–Crippen LogP) is 1.98. The van der Waals surface area contributed by atoms with E-state index < -0.39 is 11.5 Å². The summed E-state index contributed by atoms with van der Waals surface area (Å²) in [5, 5.41) is 9.06. The maximum atomic E-state index is 11.0. The molecule has 0 saturated carbocycles. The maximum Gasteiger partial charge on any atom is 0.354 e. The van der Waals surface area contributed by atoms with Gasteiger partial charge >= 0.3 is 5.97 Å². The minimum Gasteiger partial charge on any atom is -0.477 e. The average Bonchev–Trinajstić information content (AvgIpc) is 2.79. The van der Waals surface area contributed by atoms with E-state index in [0.29, 0.717) is 6.42 Å². The van der Waals surface area contributed by atoms with E-state index in [2.05, 4.69) is 11.6 Å². The summed E-state index contributed by atoms with van der Waals surface area (Å²) in [6, 6.07) is 0. The lowest BCUT2D eigenvalue weighted by atomic mass is 9.91. The predicted molar refractivity (Wildman–Crippen MR) is 60.3 cm³/mol. The lowest BCUT2D eigenvalue weighted by Crippen LogP contribution is -2.31. The van der Waals surface area contributed by atoms with E-state index in [1.165, 1.54) is 12.5 Å². The number of hydrogen-bond donors (Lipinski definition) is 1. The van der Waals surface area contributed by atoms with E-state index in [0.717, 1.165) is 0 Å². The molecule has 1 heterocycles. The van der Waals surface area contributed by atoms with Gasteiger partial charge in [-0.2, -0.15) is 0 Å². The van der Waals surface area contributed by atoms with Crippen LogP contribution in [0, 0.1) is 0 Å². The Labute approximate surface area is 93.2 Å². The van der Waals surface area contributed by atoms with Gasteiger partial charge < -0.3 is 9.67 Å². The number of hydrogen-bond acceptors (Lipinski definition) is 2. The monoisotopic (exact) mass is 216 g/mol. The Morgan fingerprint density at radius 3 is 3.00 bits per heavy atom. The van der Waals surface area contributed by atoms with Gasteiger partial charge in [0.05, 0.1) is 18.1 Å². The molecule has 1 N–H and O–H groups in total. The Morgan fingerprint density at radius 1 is 1.62 bits per heavy atom. The molecule has 0 aromatic carbocycles. The number of nitrogens with zero attached hydrogens (tertiary/aromatic N) is 2. The van der Waals surface area contributed by atoms with Crippen molar-refractivity contribution in [2.45, 2.75) is 12.0 Å². The van der Waals surface area contributed by atoms with E-state index in [-0.39, 0.29) is 5.69 Å². The zero-order chi connectivity index (χ0) is 11.6. The van der Waals surface area contributed by atoms with Crippen LogP contribution in [0.4, 0.5) is 0 Å². The summed E-state index contributed by atoms with van der Waals surface area (Å²) in [4.78, 5) is 14.9. The fourth-order valence-corrected chi connectivity index (χ4v) is 1.84. The van der Waals surface area contributed by atoms with Crippen molar-refractivity contribution in [2.24, 2.45) is 0 Å². The average molecular weight is 216 g/mol. The summed E-state index contributed by atoms with van der Waals surface area (Å²) in [5.74, 6) is -0.985. The number of carboxylic acid groups (broad SMARTS) is 1. The van der Waals surface area contributed by atoms with Crippen LogP contribution in [-0.4, -0.2) is 20.6 Å². The SMILES string of the molecule is C=CC1(n2cncc2C(=O)O)C=CC=CC1. The van der Waals surface area contributed by atoms with Gasteiger partial charge in [0.15, 0.2) is 0 Å². The molecule has 16 heavy (non-hydrogen) atoms. The highest BCUT2D eigenvalue weighted by molar-refractivity contribution is 5.85. The van der Waals surface area contributed by atoms with Gasteiger partial charge in [0.25, 0.3) is 0 Å². The van der Waals surface area contributed by atoms with Crippen molar-refractivity contribution in [3.05, 3.63) is 55.2 Å². The van der Waals surface area contributed by atoms with Gasteiger partial charge in [-0.05, 0) is 6.42 Å². The maximum absolute atomic E-state index is 11.0. The summed E-state index contributed by atoms with van der Waals surface area (Å²) in [5.41, 5.74) is -0.348. The van der Waals surface area contributed by atoms with Gasteiger partial charge in [0.2, 0.25) is 0 Å². The van der Waals surface area contributed by atoms with Crippen LogP contribution in [0.5, 0.6) is 0 Å². The van der Waals surface area contributed by atoms with Crippen molar-refractivity contribution in [3.63, 3.8) is 0 Å². The van der Waals surface area contributed by atoms with Gasteiger partial charge in [0.1, 0.15) is 5.69 Å². The van der Waals surface area contributed by atoms with Crippen LogP contribution in [0.25, 0.3) is 0 Å². The summed E-state index contributed by atoms with van der Waals surface area (Å²) in [7, 11) is 0. The molecule has 4 heteroatoms. The van der Waals surface area contributed by atoms with Crippen LogP contribution in [0.1, 0.15) is 16.9 Å². The fraction of sp³-hybridized carbons (Fsp3) is 0.167. The molecule has 4 nitrogen and oxygen atoms in total. The highest BCUT2D eigenvalue weighted by Gasteiger charge is 2.29. The standard InChI is InChI=1S/C12H12N2O2/c1-2-12(6-4-3-5-7-12)14-9-13-8-10(14)11(15)16/h2-6,8-9H,1,7H2,(H,15,16). The summed E-state index contributed by atoms with van der Waals surface area (Å²) in [6.45, 7) is 3.79. The van der Waals surface area contributed by atoms with E-state index in [1.807, 2.05) is 24.3 Å². The number of carboxylic acids is 1.